The molecule has 2 heterocycles. The Morgan fingerprint density at radius 1 is 1.06 bits per heavy atom. The third kappa shape index (κ3) is 5.36. The fourth-order valence-electron chi connectivity index (χ4n) is 2.88. The first kappa shape index (κ1) is 24.7. The van der Waals surface area contributed by atoms with Crippen molar-refractivity contribution < 1.29 is 35.9 Å². The van der Waals surface area contributed by atoms with Crippen molar-refractivity contribution in [3.8, 4) is 11.8 Å². The first-order valence-electron chi connectivity index (χ1n) is 9.03. The van der Waals surface area contributed by atoms with Gasteiger partial charge in [0.05, 0.1) is 30.0 Å². The van der Waals surface area contributed by atoms with E-state index in [0.29, 0.717) is 21.4 Å². The molecule has 1 unspecified atom stereocenters. The van der Waals surface area contributed by atoms with Crippen LogP contribution in [0.5, 0.6) is 5.88 Å². The van der Waals surface area contributed by atoms with E-state index < -0.39 is 41.0 Å². The average Bonchev–Trinajstić information content (AvgIpc) is 3.09. The van der Waals surface area contributed by atoms with Gasteiger partial charge in [-0.05, 0) is 53.8 Å². The number of halogens is 7. The molecule has 2 aromatic heterocycles. The predicted octanol–water partition coefficient (Wildman–Crippen LogP) is 4.80. The molecule has 3 rings (SSSR count). The Hall–Kier alpha value is -2.91. The maximum atomic E-state index is 13.1. The molecule has 0 aliphatic rings. The molecule has 176 valence electrons. The van der Waals surface area contributed by atoms with Crippen molar-refractivity contribution in [3.63, 3.8) is 0 Å². The van der Waals surface area contributed by atoms with Gasteiger partial charge in [0.25, 0.3) is 11.9 Å². The van der Waals surface area contributed by atoms with Gasteiger partial charge >= 0.3 is 12.4 Å². The van der Waals surface area contributed by atoms with Gasteiger partial charge in [0.1, 0.15) is 3.57 Å². The van der Waals surface area contributed by atoms with Gasteiger partial charge in [-0.3, -0.25) is 4.79 Å². The van der Waals surface area contributed by atoms with E-state index in [2.05, 4.69) is 20.4 Å². The Bertz CT molecular complexity index is 1130. The molecule has 0 spiro atoms. The van der Waals surface area contributed by atoms with Gasteiger partial charge < -0.3 is 10.1 Å². The summed E-state index contributed by atoms with van der Waals surface area (Å²) >= 11 is 1.88. The molecule has 0 saturated carbocycles. The second kappa shape index (κ2) is 9.15. The van der Waals surface area contributed by atoms with Crippen molar-refractivity contribution in [3.05, 3.63) is 62.6 Å². The number of methoxy groups -OCH3 is 1. The van der Waals surface area contributed by atoms with Crippen LogP contribution in [0.3, 0.4) is 0 Å². The summed E-state index contributed by atoms with van der Waals surface area (Å²) in [5, 5.41) is 6.61. The van der Waals surface area contributed by atoms with Crippen molar-refractivity contribution in [2.75, 3.05) is 7.11 Å². The van der Waals surface area contributed by atoms with E-state index in [1.54, 1.807) is 6.07 Å². The Labute approximate surface area is 196 Å². The molecule has 1 aromatic carbocycles. The molecule has 7 nitrogen and oxygen atoms in total. The normalized spacial score (nSPS) is 13.0. The van der Waals surface area contributed by atoms with Crippen molar-refractivity contribution in [2.24, 2.45) is 0 Å². The lowest BCUT2D eigenvalue weighted by molar-refractivity contribution is -0.143. The number of aromatic nitrogens is 4. The largest absolute Gasteiger partial charge is 0.479 e. The Morgan fingerprint density at radius 3 is 2.09 bits per heavy atom. The lowest BCUT2D eigenvalue weighted by Crippen LogP contribution is -2.29. The molecule has 0 aliphatic carbocycles. The van der Waals surface area contributed by atoms with Gasteiger partial charge in [0, 0.05) is 18.0 Å². The van der Waals surface area contributed by atoms with E-state index in [4.69, 9.17) is 4.74 Å². The van der Waals surface area contributed by atoms with Crippen LogP contribution < -0.4 is 10.1 Å². The quantitative estimate of drug-likeness (QED) is 0.344. The summed E-state index contributed by atoms with van der Waals surface area (Å²) in [5.74, 6) is -0.860. The smallest absolute Gasteiger partial charge is 0.416 e. The number of ether oxygens (including phenoxy) is 1. The second-order valence-corrected chi connectivity index (χ2v) is 7.74. The van der Waals surface area contributed by atoms with Crippen LogP contribution in [0.1, 0.15) is 40.1 Å². The molecule has 1 amide bonds. The zero-order valence-corrected chi connectivity index (χ0v) is 19.0. The molecule has 33 heavy (non-hydrogen) atoms. The van der Waals surface area contributed by atoms with Crippen LogP contribution >= 0.6 is 22.6 Å². The fraction of sp³-hybridized carbons (Fsp3) is 0.263. The third-order valence-electron chi connectivity index (χ3n) is 4.37. The molecule has 3 aromatic rings. The Morgan fingerprint density at radius 2 is 1.61 bits per heavy atom. The SMILES string of the molecule is COc1nn(-c2ncccn2)c(C(C)NC(=O)c2cc(C(F)(F)F)cc(C(F)(F)F)c2)c1I. The summed E-state index contributed by atoms with van der Waals surface area (Å²) in [6.07, 6.45) is -7.27. The van der Waals surface area contributed by atoms with Crippen LogP contribution in [0.25, 0.3) is 5.95 Å². The summed E-state index contributed by atoms with van der Waals surface area (Å²) in [6, 6.07) is 1.32. The molecule has 1 atom stereocenters. The van der Waals surface area contributed by atoms with Crippen LogP contribution in [0.4, 0.5) is 26.3 Å². The van der Waals surface area contributed by atoms with E-state index >= 15 is 0 Å². The second-order valence-electron chi connectivity index (χ2n) is 6.66. The summed E-state index contributed by atoms with van der Waals surface area (Å²) in [6.45, 7) is 1.48. The van der Waals surface area contributed by atoms with Crippen LogP contribution in [0.2, 0.25) is 0 Å². The highest BCUT2D eigenvalue weighted by molar-refractivity contribution is 14.1. The van der Waals surface area contributed by atoms with Gasteiger partial charge in [-0.15, -0.1) is 5.10 Å². The molecule has 0 fully saturated rings. The third-order valence-corrected chi connectivity index (χ3v) is 5.39. The standard InChI is InChI=1S/C19H14F6IN5O2/c1-9(14-13(26)16(33-2)30-31(14)17-27-4-3-5-28-17)29-15(32)10-6-11(18(20,21)22)8-12(7-10)19(23,24)25/h3-9H,1-2H3,(H,29,32). The predicted molar refractivity (Wildman–Crippen MR) is 111 cm³/mol. The van der Waals surface area contributed by atoms with Gasteiger partial charge in [-0.2, -0.15) is 31.0 Å². The molecular weight excluding hydrogens is 571 g/mol. The van der Waals surface area contributed by atoms with Crippen molar-refractivity contribution in [2.45, 2.75) is 25.3 Å². The number of hydrogen-bond acceptors (Lipinski definition) is 5. The highest BCUT2D eigenvalue weighted by atomic mass is 127. The minimum Gasteiger partial charge on any atom is -0.479 e. The number of hydrogen-bond donors (Lipinski definition) is 1. The Balaban J connectivity index is 2.00. The number of alkyl halides is 6. The van der Waals surface area contributed by atoms with E-state index in [-0.39, 0.29) is 17.9 Å². The Kier molecular flexibility index (Phi) is 6.85. The summed E-state index contributed by atoms with van der Waals surface area (Å²) in [7, 11) is 1.36. The molecular formula is C19H14F6IN5O2. The lowest BCUT2D eigenvalue weighted by atomic mass is 10.0. The molecule has 0 aliphatic heterocycles. The summed E-state index contributed by atoms with van der Waals surface area (Å²) in [5.41, 5.74) is -3.66. The van der Waals surface area contributed by atoms with Crippen molar-refractivity contribution in [1.29, 1.82) is 0 Å². The van der Waals surface area contributed by atoms with E-state index in [0.717, 1.165) is 0 Å². The van der Waals surface area contributed by atoms with Crippen LogP contribution in [0.15, 0.2) is 36.7 Å². The number of amides is 1. The molecule has 14 heteroatoms. The van der Waals surface area contributed by atoms with Crippen molar-refractivity contribution >= 4 is 28.5 Å². The zero-order valence-electron chi connectivity index (χ0n) is 16.8. The van der Waals surface area contributed by atoms with Crippen LogP contribution in [0, 0.1) is 3.57 Å². The average molecular weight is 585 g/mol. The number of rotatable bonds is 5. The van der Waals surface area contributed by atoms with Gasteiger partial charge in [0.15, 0.2) is 0 Å². The first-order valence-corrected chi connectivity index (χ1v) is 10.1. The molecule has 1 N–H and O–H groups in total. The minimum atomic E-state index is -5.08. The van der Waals surface area contributed by atoms with Gasteiger partial charge in [-0.25, -0.2) is 9.97 Å². The number of carbonyl (C=O) groups is 1. The minimum absolute atomic E-state index is 0.0458. The zero-order chi connectivity index (χ0) is 24.6. The highest BCUT2D eigenvalue weighted by Crippen LogP contribution is 2.36. The van der Waals surface area contributed by atoms with Crippen LogP contribution in [-0.4, -0.2) is 32.8 Å². The molecule has 0 radical (unpaired) electrons. The monoisotopic (exact) mass is 585 g/mol. The fourth-order valence-corrected chi connectivity index (χ4v) is 3.91. The van der Waals surface area contributed by atoms with Gasteiger partial charge in [-0.1, -0.05) is 0 Å². The highest BCUT2D eigenvalue weighted by Gasteiger charge is 2.37. The molecule has 0 bridgehead atoms. The lowest BCUT2D eigenvalue weighted by Gasteiger charge is -2.18. The molecule has 0 saturated heterocycles. The first-order chi connectivity index (χ1) is 15.3. The summed E-state index contributed by atoms with van der Waals surface area (Å²) in [4.78, 5) is 20.8. The summed E-state index contributed by atoms with van der Waals surface area (Å²) < 4.78 is 85.6. The maximum Gasteiger partial charge on any atom is 0.416 e. The van der Waals surface area contributed by atoms with E-state index in [1.165, 1.54) is 31.1 Å². The van der Waals surface area contributed by atoms with Crippen molar-refractivity contribution in [1.82, 2.24) is 25.1 Å². The number of carbonyl (C=O) groups excluding carboxylic acids is 1. The van der Waals surface area contributed by atoms with Gasteiger partial charge in [0.2, 0.25) is 5.88 Å². The number of benzene rings is 1. The maximum absolute atomic E-state index is 13.1. The van der Waals surface area contributed by atoms with Crippen LogP contribution in [-0.2, 0) is 12.4 Å². The van der Waals surface area contributed by atoms with E-state index in [1.807, 2.05) is 22.6 Å². The topological polar surface area (TPSA) is 81.9 Å². The number of nitrogens with zero attached hydrogens (tertiary/aromatic N) is 4. The van der Waals surface area contributed by atoms with E-state index in [9.17, 15) is 31.1 Å². The number of nitrogens with one attached hydrogen (secondary N) is 1.